The summed E-state index contributed by atoms with van der Waals surface area (Å²) < 4.78 is 5.90. The van der Waals surface area contributed by atoms with Crippen molar-refractivity contribution in [3.63, 3.8) is 0 Å². The average molecular weight is 324 g/mol. The fraction of sp³-hybridized carbons (Fsp3) is 0.211. The molecule has 1 atom stereocenters. The highest BCUT2D eigenvalue weighted by atomic mass is 32.1. The van der Waals surface area contributed by atoms with Crippen LogP contribution in [0, 0.1) is 6.92 Å². The third kappa shape index (κ3) is 4.18. The molecule has 3 nitrogen and oxygen atoms in total. The minimum atomic E-state index is 0.251. The lowest BCUT2D eigenvalue weighted by molar-refractivity contribution is 0.481. The van der Waals surface area contributed by atoms with Crippen molar-refractivity contribution >= 4 is 11.3 Å². The predicted octanol–water partition coefficient (Wildman–Crippen LogP) is 4.53. The fourth-order valence-corrected chi connectivity index (χ4v) is 3.39. The summed E-state index contributed by atoms with van der Waals surface area (Å²) in [5.41, 5.74) is 8.23. The van der Waals surface area contributed by atoms with Crippen LogP contribution in [0.3, 0.4) is 0 Å². The van der Waals surface area contributed by atoms with E-state index in [1.165, 1.54) is 5.56 Å². The Morgan fingerprint density at radius 1 is 1.09 bits per heavy atom. The Morgan fingerprint density at radius 3 is 2.57 bits per heavy atom. The van der Waals surface area contributed by atoms with Crippen molar-refractivity contribution in [3.8, 4) is 11.5 Å². The van der Waals surface area contributed by atoms with Gasteiger partial charge in [-0.05, 0) is 43.2 Å². The van der Waals surface area contributed by atoms with E-state index in [9.17, 15) is 0 Å². The monoisotopic (exact) mass is 324 g/mol. The van der Waals surface area contributed by atoms with Crippen molar-refractivity contribution in [2.45, 2.75) is 19.3 Å². The minimum absolute atomic E-state index is 0.251. The lowest BCUT2D eigenvalue weighted by Crippen LogP contribution is -2.15. The van der Waals surface area contributed by atoms with Gasteiger partial charge in [0.05, 0.1) is 5.01 Å². The van der Waals surface area contributed by atoms with Crippen molar-refractivity contribution in [1.82, 2.24) is 4.98 Å². The molecule has 0 aliphatic rings. The smallest absolute Gasteiger partial charge is 0.127 e. The Bertz CT molecular complexity index is 755. The first kappa shape index (κ1) is 15.7. The summed E-state index contributed by atoms with van der Waals surface area (Å²) in [6.45, 7) is 2.61. The molecule has 2 aromatic carbocycles. The zero-order valence-corrected chi connectivity index (χ0v) is 13.9. The van der Waals surface area contributed by atoms with Gasteiger partial charge in [-0.3, -0.25) is 0 Å². The van der Waals surface area contributed by atoms with Crippen LogP contribution in [0.25, 0.3) is 0 Å². The number of hydrogen-bond acceptors (Lipinski definition) is 4. The summed E-state index contributed by atoms with van der Waals surface area (Å²) >= 11 is 1.69. The first-order chi connectivity index (χ1) is 11.2. The number of aromatic nitrogens is 1. The van der Waals surface area contributed by atoms with Crippen molar-refractivity contribution in [2.75, 3.05) is 6.54 Å². The van der Waals surface area contributed by atoms with Crippen molar-refractivity contribution < 1.29 is 4.74 Å². The molecule has 0 spiro atoms. The van der Waals surface area contributed by atoms with E-state index in [2.05, 4.69) is 22.5 Å². The van der Waals surface area contributed by atoms with Crippen LogP contribution in [-0.4, -0.2) is 11.5 Å². The Kier molecular flexibility index (Phi) is 5.05. The highest BCUT2D eigenvalue weighted by Crippen LogP contribution is 2.26. The Hall–Kier alpha value is -2.17. The third-order valence-electron chi connectivity index (χ3n) is 3.63. The number of hydrogen-bond donors (Lipinski definition) is 1. The van der Waals surface area contributed by atoms with Crippen LogP contribution in [0.4, 0.5) is 0 Å². The molecule has 0 bridgehead atoms. The first-order valence-electron chi connectivity index (χ1n) is 7.68. The molecule has 0 amide bonds. The molecule has 0 fully saturated rings. The van der Waals surface area contributed by atoms with Gasteiger partial charge in [0.15, 0.2) is 0 Å². The second-order valence-electron chi connectivity index (χ2n) is 5.53. The zero-order valence-electron chi connectivity index (χ0n) is 13.1. The zero-order chi connectivity index (χ0) is 16.1. The Balaban J connectivity index is 1.74. The number of benzene rings is 2. The molecule has 3 rings (SSSR count). The maximum atomic E-state index is 5.96. The predicted molar refractivity (Wildman–Crippen MR) is 95.3 cm³/mol. The van der Waals surface area contributed by atoms with Gasteiger partial charge >= 0.3 is 0 Å². The molecule has 0 saturated heterocycles. The van der Waals surface area contributed by atoms with Crippen LogP contribution < -0.4 is 10.5 Å². The van der Waals surface area contributed by atoms with Gasteiger partial charge in [0.25, 0.3) is 0 Å². The molecule has 4 heteroatoms. The van der Waals surface area contributed by atoms with Gasteiger partial charge in [-0.15, -0.1) is 11.3 Å². The van der Waals surface area contributed by atoms with E-state index in [0.29, 0.717) is 6.54 Å². The van der Waals surface area contributed by atoms with E-state index < -0.39 is 0 Å². The van der Waals surface area contributed by atoms with Gasteiger partial charge in [-0.25, -0.2) is 4.98 Å². The van der Waals surface area contributed by atoms with Crippen LogP contribution in [-0.2, 0) is 6.42 Å². The molecule has 118 valence electrons. The largest absolute Gasteiger partial charge is 0.457 e. The number of rotatable bonds is 6. The molecule has 3 aromatic rings. The average Bonchev–Trinajstić information content (AvgIpc) is 3.00. The topological polar surface area (TPSA) is 48.1 Å². The number of nitrogens with two attached hydrogens (primary N) is 1. The number of aryl methyl sites for hydroxylation is 1. The van der Waals surface area contributed by atoms with E-state index in [4.69, 9.17) is 10.5 Å². The Labute approximate surface area is 140 Å². The molecule has 0 aliphatic heterocycles. The lowest BCUT2D eigenvalue weighted by Gasteiger charge is -2.13. The van der Waals surface area contributed by atoms with Gasteiger partial charge in [0.1, 0.15) is 11.5 Å². The van der Waals surface area contributed by atoms with Gasteiger partial charge in [0, 0.05) is 23.5 Å². The molecular weight excluding hydrogens is 304 g/mol. The number of ether oxygens (including phenoxy) is 1. The van der Waals surface area contributed by atoms with Crippen molar-refractivity contribution in [3.05, 3.63) is 76.2 Å². The molecule has 0 saturated carbocycles. The molecule has 2 N–H and O–H groups in total. The van der Waals surface area contributed by atoms with Gasteiger partial charge in [0.2, 0.25) is 0 Å². The highest BCUT2D eigenvalue weighted by molar-refractivity contribution is 7.09. The van der Waals surface area contributed by atoms with Gasteiger partial charge in [-0.1, -0.05) is 30.3 Å². The van der Waals surface area contributed by atoms with Crippen LogP contribution in [0.5, 0.6) is 11.5 Å². The van der Waals surface area contributed by atoms with Crippen molar-refractivity contribution in [1.29, 1.82) is 0 Å². The molecule has 1 unspecified atom stereocenters. The minimum Gasteiger partial charge on any atom is -0.457 e. The second kappa shape index (κ2) is 7.40. The van der Waals surface area contributed by atoms with E-state index >= 15 is 0 Å². The number of thiazole rings is 1. The van der Waals surface area contributed by atoms with Crippen LogP contribution >= 0.6 is 11.3 Å². The SMILES string of the molecule is Cc1csc(C(CN)Cc2cccc(Oc3ccccc3)c2)n1. The third-order valence-corrected chi connectivity index (χ3v) is 4.76. The van der Waals surface area contributed by atoms with Crippen LogP contribution in [0.1, 0.15) is 22.2 Å². The standard InChI is InChI=1S/C19H20N2OS/c1-14-13-23-19(21-14)16(12-20)10-15-6-5-9-18(11-15)22-17-7-3-2-4-8-17/h2-9,11,13,16H,10,12,20H2,1H3. The summed E-state index contributed by atoms with van der Waals surface area (Å²) in [5.74, 6) is 1.94. The number of nitrogens with zero attached hydrogens (tertiary/aromatic N) is 1. The van der Waals surface area contributed by atoms with Crippen LogP contribution in [0.15, 0.2) is 60.0 Å². The number of para-hydroxylation sites is 1. The lowest BCUT2D eigenvalue weighted by atomic mass is 10.00. The summed E-state index contributed by atoms with van der Waals surface area (Å²) in [7, 11) is 0. The second-order valence-corrected chi connectivity index (χ2v) is 6.42. The summed E-state index contributed by atoms with van der Waals surface area (Å²) in [6.07, 6.45) is 0.870. The molecular formula is C19H20N2OS. The van der Waals surface area contributed by atoms with E-state index in [1.54, 1.807) is 11.3 Å². The maximum Gasteiger partial charge on any atom is 0.127 e. The molecule has 1 heterocycles. The van der Waals surface area contributed by atoms with Gasteiger partial charge in [-0.2, -0.15) is 0 Å². The summed E-state index contributed by atoms with van der Waals surface area (Å²) in [6, 6.07) is 18.0. The molecule has 23 heavy (non-hydrogen) atoms. The summed E-state index contributed by atoms with van der Waals surface area (Å²) in [5, 5.41) is 3.19. The van der Waals surface area contributed by atoms with Crippen LogP contribution in [0.2, 0.25) is 0 Å². The fourth-order valence-electron chi connectivity index (χ4n) is 2.48. The highest BCUT2D eigenvalue weighted by Gasteiger charge is 2.14. The molecule has 0 aliphatic carbocycles. The summed E-state index contributed by atoms with van der Waals surface area (Å²) in [4.78, 5) is 4.58. The van der Waals surface area contributed by atoms with E-state index in [-0.39, 0.29) is 5.92 Å². The normalized spacial score (nSPS) is 12.1. The van der Waals surface area contributed by atoms with E-state index in [0.717, 1.165) is 28.6 Å². The Morgan fingerprint density at radius 2 is 1.87 bits per heavy atom. The van der Waals surface area contributed by atoms with Gasteiger partial charge < -0.3 is 10.5 Å². The molecule has 0 radical (unpaired) electrons. The maximum absolute atomic E-state index is 5.96. The van der Waals surface area contributed by atoms with E-state index in [1.807, 2.05) is 49.4 Å². The quantitative estimate of drug-likeness (QED) is 0.725. The first-order valence-corrected chi connectivity index (χ1v) is 8.56. The van der Waals surface area contributed by atoms with Crippen molar-refractivity contribution in [2.24, 2.45) is 5.73 Å². The molecule has 1 aromatic heterocycles.